The van der Waals surface area contributed by atoms with Crippen LogP contribution in [0.4, 0.5) is 0 Å². The number of oxime groups is 1. The monoisotopic (exact) mass is 415 g/mol. The molecule has 1 aromatic heterocycles. The van der Waals surface area contributed by atoms with E-state index in [0.29, 0.717) is 23.6 Å². The average Bonchev–Trinajstić information content (AvgIpc) is 2.88. The summed E-state index contributed by atoms with van der Waals surface area (Å²) in [6.45, 7) is 3.38. The number of hydrogen-bond acceptors (Lipinski definition) is 6. The van der Waals surface area contributed by atoms with Crippen LogP contribution in [0.1, 0.15) is 31.5 Å². The number of halogens is 2. The molecule has 10 heteroatoms. The Labute approximate surface area is 165 Å². The zero-order chi connectivity index (χ0) is 20.1. The van der Waals surface area contributed by atoms with Crippen LogP contribution < -0.4 is 9.47 Å². The predicted molar refractivity (Wildman–Crippen MR) is 101 cm³/mol. The number of carboxylic acid groups (broad SMARTS) is 1. The number of benzene rings is 1. The van der Waals surface area contributed by atoms with Crippen molar-refractivity contribution in [3.8, 4) is 17.4 Å². The highest BCUT2D eigenvalue weighted by Gasteiger charge is 2.21. The first-order valence-corrected chi connectivity index (χ1v) is 8.83. The number of aryl methyl sites for hydroxylation is 2. The molecular weight excluding hydrogens is 397 g/mol. The molecule has 2 aromatic rings. The molecule has 2 rings (SSSR count). The van der Waals surface area contributed by atoms with Gasteiger partial charge in [0.1, 0.15) is 5.75 Å². The summed E-state index contributed by atoms with van der Waals surface area (Å²) in [6, 6.07) is 2.79. The summed E-state index contributed by atoms with van der Waals surface area (Å²) in [5.74, 6) is -0.537. The maximum Gasteiger partial charge on any atom is 0.344 e. The molecule has 0 amide bonds. The van der Waals surface area contributed by atoms with Gasteiger partial charge in [-0.2, -0.15) is 5.10 Å². The molecule has 0 unspecified atom stereocenters. The Morgan fingerprint density at radius 3 is 2.63 bits per heavy atom. The summed E-state index contributed by atoms with van der Waals surface area (Å²) in [4.78, 5) is 11.0. The van der Waals surface area contributed by atoms with Crippen LogP contribution in [0.5, 0.6) is 17.4 Å². The van der Waals surface area contributed by atoms with E-state index in [1.165, 1.54) is 30.0 Å². The number of nitrogens with zero attached hydrogens (tertiary/aromatic N) is 3. The molecule has 1 atom stereocenters. The van der Waals surface area contributed by atoms with Gasteiger partial charge in [0.05, 0.1) is 27.5 Å². The standard InChI is InChI=1S/C17H19Cl2N3O5/c1-4-5-13-10(8-20-25)16(22(3)21-13)27-15-7-14(11(18)6-12(15)19)26-9(2)17(23)24/h6-9,25H,4-5H2,1-3H3,(H,23,24)/b20-8+/t9-/m0/s1. The molecule has 8 nitrogen and oxygen atoms in total. The van der Waals surface area contributed by atoms with E-state index in [1.807, 2.05) is 6.92 Å². The number of aliphatic carboxylic acids is 1. The summed E-state index contributed by atoms with van der Waals surface area (Å²) in [7, 11) is 1.68. The predicted octanol–water partition coefficient (Wildman–Crippen LogP) is 4.13. The number of rotatable bonds is 8. The third kappa shape index (κ3) is 4.84. The Morgan fingerprint density at radius 2 is 2.04 bits per heavy atom. The van der Waals surface area contributed by atoms with Crippen LogP contribution >= 0.6 is 23.2 Å². The van der Waals surface area contributed by atoms with Gasteiger partial charge in [0.25, 0.3) is 0 Å². The van der Waals surface area contributed by atoms with Crippen molar-refractivity contribution in [2.45, 2.75) is 32.8 Å². The minimum Gasteiger partial charge on any atom is -0.479 e. The third-order valence-electron chi connectivity index (χ3n) is 3.62. The molecule has 1 heterocycles. The highest BCUT2D eigenvalue weighted by molar-refractivity contribution is 6.36. The maximum atomic E-state index is 11.0. The van der Waals surface area contributed by atoms with Crippen molar-refractivity contribution in [1.29, 1.82) is 0 Å². The van der Waals surface area contributed by atoms with Gasteiger partial charge in [-0.15, -0.1) is 0 Å². The van der Waals surface area contributed by atoms with Crippen molar-refractivity contribution >= 4 is 35.4 Å². The molecule has 0 aliphatic heterocycles. The maximum absolute atomic E-state index is 11.0. The Balaban J connectivity index is 2.44. The van der Waals surface area contributed by atoms with Crippen molar-refractivity contribution in [2.75, 3.05) is 0 Å². The van der Waals surface area contributed by atoms with E-state index in [4.69, 9.17) is 43.0 Å². The summed E-state index contributed by atoms with van der Waals surface area (Å²) < 4.78 is 12.7. The minimum absolute atomic E-state index is 0.110. The zero-order valence-corrected chi connectivity index (χ0v) is 16.5. The SMILES string of the molecule is CCCc1nn(C)c(Oc2cc(O[C@@H](C)C(=O)O)c(Cl)cc2Cl)c1/C=N/O. The Bertz CT molecular complexity index is 867. The summed E-state index contributed by atoms with van der Waals surface area (Å²) in [6.07, 6.45) is 1.63. The number of ether oxygens (including phenoxy) is 2. The molecular formula is C17H19Cl2N3O5. The molecule has 1 aromatic carbocycles. The third-order valence-corrected chi connectivity index (χ3v) is 4.21. The topological polar surface area (TPSA) is 106 Å². The van der Waals surface area contributed by atoms with E-state index in [1.54, 1.807) is 7.05 Å². The molecule has 0 aliphatic rings. The van der Waals surface area contributed by atoms with Gasteiger partial charge in [-0.1, -0.05) is 41.7 Å². The van der Waals surface area contributed by atoms with Gasteiger partial charge in [0.2, 0.25) is 5.88 Å². The van der Waals surface area contributed by atoms with E-state index in [0.717, 1.165) is 6.42 Å². The number of aromatic nitrogens is 2. The highest BCUT2D eigenvalue weighted by Crippen LogP contribution is 2.39. The van der Waals surface area contributed by atoms with Gasteiger partial charge < -0.3 is 19.8 Å². The summed E-state index contributed by atoms with van der Waals surface area (Å²) in [5.41, 5.74) is 1.21. The molecule has 0 radical (unpaired) electrons. The lowest BCUT2D eigenvalue weighted by Crippen LogP contribution is -2.23. The Hall–Kier alpha value is -2.45. The van der Waals surface area contributed by atoms with E-state index >= 15 is 0 Å². The minimum atomic E-state index is -1.14. The highest BCUT2D eigenvalue weighted by atomic mass is 35.5. The summed E-state index contributed by atoms with van der Waals surface area (Å²) >= 11 is 12.3. The van der Waals surface area contributed by atoms with Gasteiger partial charge in [0.15, 0.2) is 11.9 Å². The largest absolute Gasteiger partial charge is 0.479 e. The molecule has 27 heavy (non-hydrogen) atoms. The van der Waals surface area contributed by atoms with Gasteiger partial charge in [-0.25, -0.2) is 9.48 Å². The lowest BCUT2D eigenvalue weighted by Gasteiger charge is -2.15. The molecule has 0 saturated carbocycles. The van der Waals surface area contributed by atoms with Gasteiger partial charge >= 0.3 is 5.97 Å². The number of carboxylic acids is 1. The van der Waals surface area contributed by atoms with Crippen molar-refractivity contribution in [3.05, 3.63) is 33.4 Å². The molecule has 0 bridgehead atoms. The first kappa shape index (κ1) is 20.9. The quantitative estimate of drug-likeness (QED) is 0.381. The van der Waals surface area contributed by atoms with Gasteiger partial charge in [-0.05, 0) is 19.4 Å². The van der Waals surface area contributed by atoms with Crippen LogP contribution in [0.2, 0.25) is 10.0 Å². The fourth-order valence-corrected chi connectivity index (χ4v) is 2.80. The average molecular weight is 416 g/mol. The van der Waals surface area contributed by atoms with Crippen LogP contribution in [0.15, 0.2) is 17.3 Å². The molecule has 0 fully saturated rings. The van der Waals surface area contributed by atoms with Crippen LogP contribution in [0.25, 0.3) is 0 Å². The number of carbonyl (C=O) groups is 1. The van der Waals surface area contributed by atoms with Crippen LogP contribution in [-0.4, -0.2) is 38.4 Å². The van der Waals surface area contributed by atoms with Gasteiger partial charge in [-0.3, -0.25) is 0 Å². The fourth-order valence-electron chi connectivity index (χ4n) is 2.33. The zero-order valence-electron chi connectivity index (χ0n) is 14.9. The summed E-state index contributed by atoms with van der Waals surface area (Å²) in [5, 5.41) is 25.7. The second-order valence-electron chi connectivity index (χ2n) is 5.70. The van der Waals surface area contributed by atoms with E-state index in [9.17, 15) is 4.79 Å². The fraction of sp³-hybridized carbons (Fsp3) is 0.353. The van der Waals surface area contributed by atoms with Crippen molar-refractivity contribution in [1.82, 2.24) is 9.78 Å². The van der Waals surface area contributed by atoms with Gasteiger partial charge in [0, 0.05) is 13.1 Å². The Kier molecular flexibility index (Phi) is 6.92. The Morgan fingerprint density at radius 1 is 1.37 bits per heavy atom. The molecule has 0 spiro atoms. The van der Waals surface area contributed by atoms with Crippen LogP contribution in [0.3, 0.4) is 0 Å². The van der Waals surface area contributed by atoms with E-state index in [2.05, 4.69) is 10.3 Å². The van der Waals surface area contributed by atoms with Crippen LogP contribution in [-0.2, 0) is 18.3 Å². The van der Waals surface area contributed by atoms with E-state index < -0.39 is 12.1 Å². The lowest BCUT2D eigenvalue weighted by atomic mass is 10.2. The molecule has 146 valence electrons. The van der Waals surface area contributed by atoms with Crippen molar-refractivity contribution < 1.29 is 24.6 Å². The smallest absolute Gasteiger partial charge is 0.344 e. The van der Waals surface area contributed by atoms with E-state index in [-0.39, 0.29) is 21.5 Å². The second kappa shape index (κ2) is 8.96. The molecule has 0 aliphatic carbocycles. The van der Waals surface area contributed by atoms with Crippen molar-refractivity contribution in [2.24, 2.45) is 12.2 Å². The van der Waals surface area contributed by atoms with Crippen LogP contribution in [0, 0.1) is 0 Å². The first-order valence-electron chi connectivity index (χ1n) is 8.08. The van der Waals surface area contributed by atoms with Crippen molar-refractivity contribution in [3.63, 3.8) is 0 Å². The first-order chi connectivity index (χ1) is 12.8. The molecule has 2 N–H and O–H groups in total. The second-order valence-corrected chi connectivity index (χ2v) is 6.51. The number of hydrogen-bond donors (Lipinski definition) is 2. The lowest BCUT2D eigenvalue weighted by molar-refractivity contribution is -0.144. The molecule has 0 saturated heterocycles. The normalized spacial score (nSPS) is 12.3.